The van der Waals surface area contributed by atoms with E-state index in [0.717, 1.165) is 12.1 Å². The Balaban J connectivity index is 0.00000112. The van der Waals surface area contributed by atoms with Crippen LogP contribution >= 0.6 is 12.4 Å². The molecular formula is C11H15ClFNO. The molecule has 1 atom stereocenters. The summed E-state index contributed by atoms with van der Waals surface area (Å²) < 4.78 is 18.8. The Morgan fingerprint density at radius 3 is 2.87 bits per heavy atom. The first-order valence-corrected chi connectivity index (χ1v) is 4.84. The summed E-state index contributed by atoms with van der Waals surface area (Å²) in [5, 5.41) is 3.23. The maximum atomic E-state index is 13.5. The van der Waals surface area contributed by atoms with Gasteiger partial charge in [0.2, 0.25) is 0 Å². The second-order valence-corrected chi connectivity index (χ2v) is 3.61. The highest BCUT2D eigenvalue weighted by Gasteiger charge is 2.18. The summed E-state index contributed by atoms with van der Waals surface area (Å²) in [6.45, 7) is 3.94. The van der Waals surface area contributed by atoms with Crippen LogP contribution in [0.25, 0.3) is 0 Å². The van der Waals surface area contributed by atoms with Gasteiger partial charge < -0.3 is 10.1 Å². The average Bonchev–Trinajstić information content (AvgIpc) is 2.19. The minimum absolute atomic E-state index is 0. The van der Waals surface area contributed by atoms with Gasteiger partial charge in [-0.3, -0.25) is 0 Å². The second-order valence-electron chi connectivity index (χ2n) is 3.61. The van der Waals surface area contributed by atoms with E-state index in [0.29, 0.717) is 18.8 Å². The molecule has 1 saturated heterocycles. The molecule has 0 unspecified atom stereocenters. The Bertz CT molecular complexity index is 326. The van der Waals surface area contributed by atoms with E-state index in [9.17, 15) is 4.39 Å². The number of aryl methyl sites for hydroxylation is 1. The van der Waals surface area contributed by atoms with Crippen LogP contribution in [0.3, 0.4) is 0 Å². The quantitative estimate of drug-likeness (QED) is 0.800. The maximum absolute atomic E-state index is 13.5. The van der Waals surface area contributed by atoms with Crippen molar-refractivity contribution in [2.24, 2.45) is 0 Å². The van der Waals surface area contributed by atoms with Gasteiger partial charge >= 0.3 is 0 Å². The van der Waals surface area contributed by atoms with Crippen molar-refractivity contribution in [1.29, 1.82) is 0 Å². The third kappa shape index (κ3) is 2.91. The van der Waals surface area contributed by atoms with Gasteiger partial charge in [0.25, 0.3) is 0 Å². The van der Waals surface area contributed by atoms with Gasteiger partial charge in [0.15, 0.2) is 0 Å². The molecule has 2 rings (SSSR count). The molecule has 0 radical (unpaired) electrons. The largest absolute Gasteiger partial charge is 0.378 e. The van der Waals surface area contributed by atoms with Crippen LogP contribution in [0.15, 0.2) is 18.2 Å². The van der Waals surface area contributed by atoms with Gasteiger partial charge in [0.1, 0.15) is 5.82 Å². The Kier molecular flexibility index (Phi) is 4.51. The third-order valence-corrected chi connectivity index (χ3v) is 2.45. The molecule has 1 fully saturated rings. The van der Waals surface area contributed by atoms with E-state index in [2.05, 4.69) is 5.32 Å². The van der Waals surface area contributed by atoms with Crippen molar-refractivity contribution in [1.82, 2.24) is 5.32 Å². The van der Waals surface area contributed by atoms with E-state index in [1.54, 1.807) is 6.07 Å². The van der Waals surface area contributed by atoms with Crippen LogP contribution in [0, 0.1) is 12.7 Å². The van der Waals surface area contributed by atoms with Gasteiger partial charge in [-0.1, -0.05) is 12.1 Å². The number of benzene rings is 1. The molecule has 0 aliphatic carbocycles. The van der Waals surface area contributed by atoms with Crippen molar-refractivity contribution in [3.05, 3.63) is 35.1 Å². The van der Waals surface area contributed by atoms with Crippen LogP contribution in [0.4, 0.5) is 4.39 Å². The predicted molar refractivity (Wildman–Crippen MR) is 59.9 cm³/mol. The maximum Gasteiger partial charge on any atom is 0.128 e. The lowest BCUT2D eigenvalue weighted by atomic mass is 10.0. The number of morpholine rings is 1. The molecule has 84 valence electrons. The van der Waals surface area contributed by atoms with Crippen molar-refractivity contribution in [2.45, 2.75) is 13.0 Å². The molecule has 0 bridgehead atoms. The van der Waals surface area contributed by atoms with Crippen LogP contribution in [0.5, 0.6) is 0 Å². The monoisotopic (exact) mass is 231 g/mol. The molecule has 0 spiro atoms. The summed E-state index contributed by atoms with van der Waals surface area (Å²) in [6, 6.07) is 5.32. The second kappa shape index (κ2) is 5.45. The Labute approximate surface area is 95.2 Å². The summed E-state index contributed by atoms with van der Waals surface area (Å²) in [5.74, 6) is -0.145. The molecule has 0 amide bonds. The first kappa shape index (κ1) is 12.4. The molecular weight excluding hydrogens is 217 g/mol. The molecule has 0 aromatic heterocycles. The van der Waals surface area contributed by atoms with Gasteiger partial charge in [0, 0.05) is 12.1 Å². The molecule has 1 aromatic rings. The SMILES string of the molecule is Cc1ccc([C@H]2COCCN2)c(F)c1.Cl. The molecule has 1 aliphatic rings. The van der Waals surface area contributed by atoms with Crippen molar-refractivity contribution < 1.29 is 9.13 Å². The van der Waals surface area contributed by atoms with Crippen molar-refractivity contribution >= 4 is 12.4 Å². The predicted octanol–water partition coefficient (Wildman–Crippen LogP) is 2.22. The minimum atomic E-state index is -0.145. The highest BCUT2D eigenvalue weighted by molar-refractivity contribution is 5.85. The first-order chi connectivity index (χ1) is 6.77. The first-order valence-electron chi connectivity index (χ1n) is 4.84. The van der Waals surface area contributed by atoms with Gasteiger partial charge in [-0.05, 0) is 18.6 Å². The van der Waals surface area contributed by atoms with Gasteiger partial charge in [-0.15, -0.1) is 12.4 Å². The molecule has 1 aromatic carbocycles. The minimum Gasteiger partial charge on any atom is -0.378 e. The van der Waals surface area contributed by atoms with E-state index in [4.69, 9.17) is 4.74 Å². The Morgan fingerprint density at radius 2 is 2.27 bits per heavy atom. The summed E-state index contributed by atoms with van der Waals surface area (Å²) >= 11 is 0. The normalized spacial score (nSPS) is 20.8. The zero-order valence-corrected chi connectivity index (χ0v) is 9.44. The van der Waals surface area contributed by atoms with Crippen LogP contribution in [0.1, 0.15) is 17.2 Å². The number of hydrogen-bond acceptors (Lipinski definition) is 2. The average molecular weight is 232 g/mol. The van der Waals surface area contributed by atoms with Crippen LogP contribution < -0.4 is 5.32 Å². The van der Waals surface area contributed by atoms with Crippen LogP contribution in [-0.2, 0) is 4.74 Å². The van der Waals surface area contributed by atoms with E-state index < -0.39 is 0 Å². The zero-order valence-electron chi connectivity index (χ0n) is 8.63. The van der Waals surface area contributed by atoms with Crippen LogP contribution in [-0.4, -0.2) is 19.8 Å². The molecule has 0 saturated carbocycles. The van der Waals surface area contributed by atoms with E-state index in [1.807, 2.05) is 19.1 Å². The lowest BCUT2D eigenvalue weighted by Gasteiger charge is -2.24. The van der Waals surface area contributed by atoms with Crippen LogP contribution in [0.2, 0.25) is 0 Å². The number of nitrogens with one attached hydrogen (secondary N) is 1. The van der Waals surface area contributed by atoms with E-state index >= 15 is 0 Å². The topological polar surface area (TPSA) is 21.3 Å². The smallest absolute Gasteiger partial charge is 0.128 e. The van der Waals surface area contributed by atoms with E-state index in [1.165, 1.54) is 0 Å². The molecule has 2 nitrogen and oxygen atoms in total. The summed E-state index contributed by atoms with van der Waals surface area (Å²) in [6.07, 6.45) is 0. The summed E-state index contributed by atoms with van der Waals surface area (Å²) in [7, 11) is 0. The third-order valence-electron chi connectivity index (χ3n) is 2.45. The molecule has 4 heteroatoms. The highest BCUT2D eigenvalue weighted by Crippen LogP contribution is 2.19. The standard InChI is InChI=1S/C11H14FNO.ClH/c1-8-2-3-9(10(12)6-8)11-7-14-5-4-13-11;/h2-3,6,11,13H,4-5,7H2,1H3;1H/t11-;/m1./s1. The van der Waals surface area contributed by atoms with Crippen molar-refractivity contribution in [2.75, 3.05) is 19.8 Å². The summed E-state index contributed by atoms with van der Waals surface area (Å²) in [5.41, 5.74) is 1.65. The molecule has 1 aliphatic heterocycles. The fraction of sp³-hybridized carbons (Fsp3) is 0.455. The number of rotatable bonds is 1. The van der Waals surface area contributed by atoms with Gasteiger partial charge in [-0.25, -0.2) is 4.39 Å². The van der Waals surface area contributed by atoms with Crippen molar-refractivity contribution in [3.8, 4) is 0 Å². The van der Waals surface area contributed by atoms with E-state index in [-0.39, 0.29) is 24.3 Å². The number of hydrogen-bond donors (Lipinski definition) is 1. The summed E-state index contributed by atoms with van der Waals surface area (Å²) in [4.78, 5) is 0. The lowest BCUT2D eigenvalue weighted by molar-refractivity contribution is 0.0757. The number of ether oxygens (including phenoxy) is 1. The van der Waals surface area contributed by atoms with Crippen molar-refractivity contribution in [3.63, 3.8) is 0 Å². The number of halogens is 2. The lowest BCUT2D eigenvalue weighted by Crippen LogP contribution is -2.35. The Morgan fingerprint density at radius 1 is 1.47 bits per heavy atom. The fourth-order valence-corrected chi connectivity index (χ4v) is 1.68. The highest BCUT2D eigenvalue weighted by atomic mass is 35.5. The fourth-order valence-electron chi connectivity index (χ4n) is 1.68. The molecule has 1 N–H and O–H groups in total. The zero-order chi connectivity index (χ0) is 9.97. The molecule has 1 heterocycles. The Hall–Kier alpha value is -0.640. The van der Waals surface area contributed by atoms with Gasteiger partial charge in [0.05, 0.1) is 19.3 Å². The molecule has 15 heavy (non-hydrogen) atoms. The van der Waals surface area contributed by atoms with Gasteiger partial charge in [-0.2, -0.15) is 0 Å².